The Morgan fingerprint density at radius 1 is 0.259 bits per heavy atom. The van der Waals surface area contributed by atoms with Gasteiger partial charge in [0.25, 0.3) is 0 Å². The Kier molecular flexibility index (Phi) is 9.55. The van der Waals surface area contributed by atoms with Crippen LogP contribution >= 0.6 is 0 Å². The van der Waals surface area contributed by atoms with E-state index in [9.17, 15) is 10.5 Å². The van der Waals surface area contributed by atoms with Crippen molar-refractivity contribution in [2.45, 2.75) is 0 Å². The van der Waals surface area contributed by atoms with Gasteiger partial charge in [-0.2, -0.15) is 10.5 Å². The normalized spacial score (nSPS) is 10.7. The molecule has 8 heteroatoms. The van der Waals surface area contributed by atoms with Gasteiger partial charge >= 0.3 is 0 Å². The lowest BCUT2D eigenvalue weighted by Crippen LogP contribution is -2.01. The fourth-order valence-electron chi connectivity index (χ4n) is 6.82. The lowest BCUT2D eigenvalue weighted by Gasteiger charge is -2.14. The summed E-state index contributed by atoms with van der Waals surface area (Å²) >= 11 is 0. The maximum Gasteiger partial charge on any atom is 0.164 e. The molecule has 0 saturated heterocycles. The van der Waals surface area contributed by atoms with Crippen LogP contribution in [0.1, 0.15) is 11.1 Å². The molecule has 0 saturated carbocycles. The molecule has 58 heavy (non-hydrogen) atoms. The van der Waals surface area contributed by atoms with Crippen LogP contribution in [0.5, 0.6) is 0 Å². The molecule has 0 aliphatic rings. The van der Waals surface area contributed by atoms with Crippen molar-refractivity contribution in [3.05, 3.63) is 193 Å². The maximum atomic E-state index is 10.3. The van der Waals surface area contributed by atoms with Gasteiger partial charge in [-0.3, -0.25) is 0 Å². The summed E-state index contributed by atoms with van der Waals surface area (Å²) < 4.78 is 0. The van der Waals surface area contributed by atoms with E-state index in [1.807, 2.05) is 170 Å². The third-order valence-corrected chi connectivity index (χ3v) is 9.59. The summed E-state index contributed by atoms with van der Waals surface area (Å²) in [4.78, 5) is 29.4. The van der Waals surface area contributed by atoms with Gasteiger partial charge in [-0.15, -0.1) is 0 Å². The lowest BCUT2D eigenvalue weighted by molar-refractivity contribution is 1.07. The molecular weight excluding hydrogens is 713 g/mol. The Balaban J connectivity index is 1.19. The molecule has 0 fully saturated rings. The highest BCUT2D eigenvalue weighted by Crippen LogP contribution is 2.37. The van der Waals surface area contributed by atoms with Crippen LogP contribution < -0.4 is 0 Å². The second-order valence-corrected chi connectivity index (χ2v) is 13.4. The summed E-state index contributed by atoms with van der Waals surface area (Å²) in [5.41, 5.74) is 8.91. The average molecular weight is 743 g/mol. The van der Waals surface area contributed by atoms with Crippen molar-refractivity contribution in [3.8, 4) is 103 Å². The molecule has 0 aliphatic carbocycles. The Morgan fingerprint density at radius 2 is 0.500 bits per heavy atom. The van der Waals surface area contributed by atoms with Crippen molar-refractivity contribution in [2.24, 2.45) is 0 Å². The Morgan fingerprint density at radius 3 is 0.776 bits per heavy atom. The molecule has 9 aromatic rings. The smallest absolute Gasteiger partial charge is 0.164 e. The van der Waals surface area contributed by atoms with Crippen LogP contribution in [0.3, 0.4) is 0 Å². The molecule has 0 unspecified atom stereocenters. The molecule has 0 amide bonds. The molecule has 9 rings (SSSR count). The van der Waals surface area contributed by atoms with E-state index in [1.165, 1.54) is 0 Å². The zero-order valence-corrected chi connectivity index (χ0v) is 30.9. The van der Waals surface area contributed by atoms with Crippen LogP contribution in [0.25, 0.3) is 90.6 Å². The summed E-state index contributed by atoms with van der Waals surface area (Å²) in [6.45, 7) is 0. The molecular formula is C50H30N8. The van der Waals surface area contributed by atoms with Crippen LogP contribution in [0.4, 0.5) is 0 Å². The van der Waals surface area contributed by atoms with Gasteiger partial charge in [-0.1, -0.05) is 146 Å². The van der Waals surface area contributed by atoms with Crippen molar-refractivity contribution < 1.29 is 0 Å². The molecule has 0 N–H and O–H groups in total. The highest BCUT2D eigenvalue weighted by atomic mass is 15.0. The fraction of sp³-hybridized carbons (Fsp3) is 0. The molecule has 7 aromatic carbocycles. The first-order valence-corrected chi connectivity index (χ1v) is 18.6. The van der Waals surface area contributed by atoms with Crippen LogP contribution in [0.15, 0.2) is 182 Å². The van der Waals surface area contributed by atoms with Crippen molar-refractivity contribution >= 4 is 0 Å². The van der Waals surface area contributed by atoms with Gasteiger partial charge in [0, 0.05) is 33.4 Å². The van der Waals surface area contributed by atoms with E-state index >= 15 is 0 Å². The van der Waals surface area contributed by atoms with E-state index in [4.69, 9.17) is 29.9 Å². The van der Waals surface area contributed by atoms with Gasteiger partial charge in [0.1, 0.15) is 0 Å². The first-order chi connectivity index (χ1) is 28.6. The van der Waals surface area contributed by atoms with E-state index in [0.717, 1.165) is 44.5 Å². The minimum absolute atomic E-state index is 0.440. The van der Waals surface area contributed by atoms with Gasteiger partial charge in [0.15, 0.2) is 34.9 Å². The number of aromatic nitrogens is 6. The zero-order valence-electron chi connectivity index (χ0n) is 30.9. The van der Waals surface area contributed by atoms with E-state index in [1.54, 1.807) is 12.1 Å². The van der Waals surface area contributed by atoms with Crippen molar-refractivity contribution in [3.63, 3.8) is 0 Å². The molecule has 0 radical (unpaired) electrons. The van der Waals surface area contributed by atoms with Gasteiger partial charge in [-0.25, -0.2) is 29.9 Å². The number of rotatable bonds is 8. The second kappa shape index (κ2) is 15.7. The zero-order chi connectivity index (χ0) is 39.3. The Labute approximate surface area is 335 Å². The van der Waals surface area contributed by atoms with Crippen LogP contribution in [0, 0.1) is 22.7 Å². The van der Waals surface area contributed by atoms with Crippen molar-refractivity contribution in [1.29, 1.82) is 10.5 Å². The molecule has 2 aromatic heterocycles. The van der Waals surface area contributed by atoms with Crippen LogP contribution in [0.2, 0.25) is 0 Å². The summed E-state index contributed by atoms with van der Waals surface area (Å²) in [6, 6.07) is 63.1. The second-order valence-electron chi connectivity index (χ2n) is 13.4. The average Bonchev–Trinajstić information content (AvgIpc) is 3.32. The third-order valence-electron chi connectivity index (χ3n) is 9.59. The minimum atomic E-state index is 0.440. The molecule has 2 heterocycles. The topological polar surface area (TPSA) is 125 Å². The third kappa shape index (κ3) is 7.33. The number of hydrogen-bond acceptors (Lipinski definition) is 8. The number of nitriles is 2. The number of nitrogens with zero attached hydrogens (tertiary/aromatic N) is 8. The molecule has 0 atom stereocenters. The van der Waals surface area contributed by atoms with E-state index in [2.05, 4.69) is 12.1 Å². The summed E-state index contributed by atoms with van der Waals surface area (Å²) in [5.74, 6) is 2.99. The fourth-order valence-corrected chi connectivity index (χ4v) is 6.82. The minimum Gasteiger partial charge on any atom is -0.208 e. The highest BCUT2D eigenvalue weighted by Gasteiger charge is 2.18. The first kappa shape index (κ1) is 35.3. The largest absolute Gasteiger partial charge is 0.208 e. The maximum absolute atomic E-state index is 10.3. The monoisotopic (exact) mass is 742 g/mol. The molecule has 270 valence electrons. The number of benzene rings is 7. The molecule has 0 spiro atoms. The van der Waals surface area contributed by atoms with Gasteiger partial charge in [-0.05, 0) is 58.7 Å². The Hall–Kier alpha value is -8.46. The van der Waals surface area contributed by atoms with E-state index < -0.39 is 0 Å². The summed E-state index contributed by atoms with van der Waals surface area (Å²) in [5, 5.41) is 20.6. The van der Waals surface area contributed by atoms with Gasteiger partial charge < -0.3 is 0 Å². The first-order valence-electron chi connectivity index (χ1n) is 18.6. The standard InChI is InChI=1S/C50H30N8/c51-31-33-25-39(29-41(27-33)49-55-45(35-15-5-1-6-16-35)53-46(56-49)36-17-7-2-8-18-36)43-23-13-14-24-44(43)40-26-34(32-52)28-42(30-40)50-57-47(37-19-9-3-10-20-37)54-48(58-50)38-21-11-4-12-22-38/h1-30H. The SMILES string of the molecule is N#Cc1cc(-c2nc(-c3ccccc3)nc(-c3ccccc3)n2)cc(-c2ccccc2-c2cc(C#N)cc(-c3nc(-c4ccccc4)nc(-c4ccccc4)n3)c2)c1. The Bertz CT molecular complexity index is 2690. The highest BCUT2D eigenvalue weighted by molar-refractivity contribution is 5.88. The van der Waals surface area contributed by atoms with Crippen LogP contribution in [-0.2, 0) is 0 Å². The summed E-state index contributed by atoms with van der Waals surface area (Å²) in [7, 11) is 0. The van der Waals surface area contributed by atoms with Crippen molar-refractivity contribution in [2.75, 3.05) is 0 Å². The van der Waals surface area contributed by atoms with Gasteiger partial charge in [0.05, 0.1) is 23.3 Å². The predicted octanol–water partition coefficient (Wildman–Crippen LogP) is 11.1. The van der Waals surface area contributed by atoms with Crippen molar-refractivity contribution in [1.82, 2.24) is 29.9 Å². The van der Waals surface area contributed by atoms with E-state index in [0.29, 0.717) is 57.2 Å². The molecule has 0 aliphatic heterocycles. The molecule has 0 bridgehead atoms. The quantitative estimate of drug-likeness (QED) is 0.151. The van der Waals surface area contributed by atoms with Gasteiger partial charge in [0.2, 0.25) is 0 Å². The predicted molar refractivity (Wildman–Crippen MR) is 226 cm³/mol. The van der Waals surface area contributed by atoms with E-state index in [-0.39, 0.29) is 0 Å². The van der Waals surface area contributed by atoms with Crippen LogP contribution in [-0.4, -0.2) is 29.9 Å². The summed E-state index contributed by atoms with van der Waals surface area (Å²) in [6.07, 6.45) is 0. The number of hydrogen-bond donors (Lipinski definition) is 0. The molecule has 8 nitrogen and oxygen atoms in total. The lowest BCUT2D eigenvalue weighted by atomic mass is 9.91.